The summed E-state index contributed by atoms with van der Waals surface area (Å²) in [6.07, 6.45) is 5.19. The summed E-state index contributed by atoms with van der Waals surface area (Å²) in [7, 11) is 0. The Morgan fingerprint density at radius 3 is 2.25 bits per heavy atom. The summed E-state index contributed by atoms with van der Waals surface area (Å²) in [5.41, 5.74) is -0.795. The second-order valence-corrected chi connectivity index (χ2v) is 18.3. The van der Waals surface area contributed by atoms with Crippen molar-refractivity contribution >= 4 is 40.8 Å². The molecule has 59 heavy (non-hydrogen) atoms. The summed E-state index contributed by atoms with van der Waals surface area (Å²) in [5, 5.41) is 27.5. The summed E-state index contributed by atoms with van der Waals surface area (Å²) in [5.74, 6) is -1.66. The molecule has 2 saturated carbocycles. The number of aliphatic hydroxyl groups excluding tert-OH is 1. The number of aliphatic hydroxyl groups is 1. The molecular formula is C46H47Cl2FN6O4. The Morgan fingerprint density at radius 2 is 1.59 bits per heavy atom. The van der Waals surface area contributed by atoms with Gasteiger partial charge in [-0.05, 0) is 85.6 Å². The van der Waals surface area contributed by atoms with E-state index in [0.29, 0.717) is 55.5 Å². The molecule has 2 spiro atoms. The fourth-order valence-corrected chi connectivity index (χ4v) is 11.4. The third-order valence-electron chi connectivity index (χ3n) is 13.9. The maximum Gasteiger partial charge on any atom is 0.238 e. The van der Waals surface area contributed by atoms with Gasteiger partial charge in [0.05, 0.1) is 23.2 Å². The van der Waals surface area contributed by atoms with Crippen LogP contribution >= 0.6 is 23.2 Å². The Balaban J connectivity index is 1.31. The molecule has 10 nitrogen and oxygen atoms in total. The molecule has 9 rings (SSSR count). The van der Waals surface area contributed by atoms with E-state index in [9.17, 15) is 5.11 Å². The number of aromatic nitrogens is 3. The lowest BCUT2D eigenvalue weighted by atomic mass is 9.53. The summed E-state index contributed by atoms with van der Waals surface area (Å²) < 4.78 is 22.7. The second-order valence-electron chi connectivity index (χ2n) is 17.5. The summed E-state index contributed by atoms with van der Waals surface area (Å²) in [6.45, 7) is 4.43. The van der Waals surface area contributed by atoms with Gasteiger partial charge in [-0.2, -0.15) is 0 Å². The molecule has 2 aliphatic heterocycles. The third-order valence-corrected chi connectivity index (χ3v) is 14.4. The fourth-order valence-electron chi connectivity index (χ4n) is 11.1. The van der Waals surface area contributed by atoms with E-state index in [1.807, 2.05) is 66.7 Å². The number of carbonyl (C=O) groups is 2. The number of benzene rings is 3. The van der Waals surface area contributed by atoms with Crippen LogP contribution in [0.3, 0.4) is 0 Å². The van der Waals surface area contributed by atoms with E-state index < -0.39 is 46.8 Å². The third kappa shape index (κ3) is 6.56. The molecule has 2 aromatic heterocycles. The highest BCUT2D eigenvalue weighted by molar-refractivity contribution is 6.31. The number of fused-ring (bicyclic) bond motifs is 3. The van der Waals surface area contributed by atoms with Crippen molar-refractivity contribution in [3.05, 3.63) is 142 Å². The Hall–Kier alpha value is -4.68. The zero-order valence-electron chi connectivity index (χ0n) is 33.0. The predicted molar refractivity (Wildman–Crippen MR) is 222 cm³/mol. The van der Waals surface area contributed by atoms with Crippen molar-refractivity contribution in [2.45, 2.75) is 112 Å². The average molecular weight is 838 g/mol. The Bertz CT molecular complexity index is 2330. The van der Waals surface area contributed by atoms with Crippen molar-refractivity contribution in [3.8, 4) is 0 Å². The minimum Gasteiger partial charge on any atom is -0.428 e. The van der Waals surface area contributed by atoms with E-state index in [4.69, 9.17) is 27.6 Å². The highest BCUT2D eigenvalue weighted by atomic mass is 35.5. The van der Waals surface area contributed by atoms with E-state index in [-0.39, 0.29) is 44.8 Å². The number of halogens is 3. The molecule has 0 radical (unpaired) electrons. The molecule has 2 aliphatic carbocycles. The normalized spacial score (nSPS) is 27.0. The molecule has 5 atom stereocenters. The van der Waals surface area contributed by atoms with Crippen molar-refractivity contribution in [2.75, 3.05) is 5.32 Å². The second kappa shape index (κ2) is 15.4. The molecule has 5 aromatic rings. The lowest BCUT2D eigenvalue weighted by molar-refractivity contribution is -0.137. The molecule has 3 N–H and O–H groups in total. The van der Waals surface area contributed by atoms with Gasteiger partial charge in [-0.25, -0.2) is 9.37 Å². The van der Waals surface area contributed by atoms with Crippen LogP contribution in [-0.4, -0.2) is 54.6 Å². The summed E-state index contributed by atoms with van der Waals surface area (Å²) in [6, 6.07) is 25.0. The van der Waals surface area contributed by atoms with Crippen LogP contribution in [0.1, 0.15) is 117 Å². The van der Waals surface area contributed by atoms with Crippen LogP contribution in [0.15, 0.2) is 102 Å². The van der Waals surface area contributed by atoms with Crippen LogP contribution in [0.2, 0.25) is 10.2 Å². The van der Waals surface area contributed by atoms with Gasteiger partial charge < -0.3 is 20.2 Å². The number of carbonyl (C=O) groups excluding carboxylic acids is 2. The largest absolute Gasteiger partial charge is 0.428 e. The molecule has 13 heteroatoms. The van der Waals surface area contributed by atoms with Gasteiger partial charge in [-0.3, -0.25) is 14.5 Å². The van der Waals surface area contributed by atoms with E-state index in [2.05, 4.69) is 44.6 Å². The van der Waals surface area contributed by atoms with Crippen LogP contribution < -0.4 is 10.6 Å². The molecule has 3 fully saturated rings. The van der Waals surface area contributed by atoms with E-state index in [1.54, 1.807) is 18.2 Å². The smallest absolute Gasteiger partial charge is 0.238 e. The van der Waals surface area contributed by atoms with E-state index >= 15 is 14.0 Å². The lowest BCUT2D eigenvalue weighted by Crippen LogP contribution is -2.64. The SMILES string of the molecule is CC1(C)CCC2(CC1)N([C@H](c1ccccc1)[C@@H](O)c1ccccc1)[C@@H](C(=O)N[C@H]1CC[C@H](c3nnco3)CC1)[C@H](c1cccc(Cl)c1F)[C@@]21C(=O)Nc2nc(Cl)ccc21. The van der Waals surface area contributed by atoms with Crippen LogP contribution in [0.25, 0.3) is 0 Å². The molecule has 2 amide bonds. The molecule has 306 valence electrons. The number of amides is 2. The van der Waals surface area contributed by atoms with Gasteiger partial charge in [0.15, 0.2) is 0 Å². The van der Waals surface area contributed by atoms with Crippen molar-refractivity contribution in [3.63, 3.8) is 0 Å². The summed E-state index contributed by atoms with van der Waals surface area (Å²) >= 11 is 13.2. The molecule has 1 saturated heterocycles. The number of anilines is 1. The average Bonchev–Trinajstić information content (AvgIpc) is 3.94. The van der Waals surface area contributed by atoms with Crippen molar-refractivity contribution in [1.29, 1.82) is 0 Å². The van der Waals surface area contributed by atoms with Crippen molar-refractivity contribution < 1.29 is 23.5 Å². The summed E-state index contributed by atoms with van der Waals surface area (Å²) in [4.78, 5) is 38.3. The van der Waals surface area contributed by atoms with E-state index in [0.717, 1.165) is 18.4 Å². The fraction of sp³-hybridized carbons (Fsp3) is 0.413. The van der Waals surface area contributed by atoms with Gasteiger partial charge in [-0.1, -0.05) is 116 Å². The van der Waals surface area contributed by atoms with Crippen LogP contribution in [0, 0.1) is 11.2 Å². The zero-order chi connectivity index (χ0) is 41.1. The number of rotatable bonds is 8. The molecule has 0 bridgehead atoms. The maximum atomic E-state index is 17.2. The van der Waals surface area contributed by atoms with Gasteiger partial charge in [-0.15, -0.1) is 10.2 Å². The molecule has 3 aromatic carbocycles. The number of pyridine rings is 1. The van der Waals surface area contributed by atoms with Crippen LogP contribution in [0.4, 0.5) is 10.2 Å². The van der Waals surface area contributed by atoms with Crippen LogP contribution in [-0.2, 0) is 15.0 Å². The van der Waals surface area contributed by atoms with Crippen LogP contribution in [0.5, 0.6) is 0 Å². The first-order chi connectivity index (χ1) is 28.4. The number of hydrogen-bond acceptors (Lipinski definition) is 8. The first kappa shape index (κ1) is 39.8. The van der Waals surface area contributed by atoms with Gasteiger partial charge >= 0.3 is 0 Å². The Kier molecular flexibility index (Phi) is 10.4. The van der Waals surface area contributed by atoms with Crippen molar-refractivity contribution in [1.82, 2.24) is 25.4 Å². The maximum absolute atomic E-state index is 17.2. The zero-order valence-corrected chi connectivity index (χ0v) is 34.5. The Morgan fingerprint density at radius 1 is 0.915 bits per heavy atom. The molecule has 4 heterocycles. The monoisotopic (exact) mass is 836 g/mol. The van der Waals surface area contributed by atoms with Gasteiger partial charge in [0.25, 0.3) is 0 Å². The van der Waals surface area contributed by atoms with Gasteiger partial charge in [0.1, 0.15) is 22.2 Å². The van der Waals surface area contributed by atoms with Gasteiger partial charge in [0, 0.05) is 29.0 Å². The molecule has 4 aliphatic rings. The lowest BCUT2D eigenvalue weighted by Gasteiger charge is -2.56. The number of nitrogens with zero attached hydrogens (tertiary/aromatic N) is 4. The topological polar surface area (TPSA) is 133 Å². The Labute approximate surface area is 352 Å². The standard InChI is InChI=1S/C46H47Cl2FN6O4/c1-44(2)22-24-45(25-23-44)46(32-20-21-34(48)52-40(32)53-43(46)58)35(31-14-9-15-33(47)36(31)49)38(41(57)51-30-18-16-29(17-19-30)42-54-50-26-59-42)55(45)37(27-10-5-3-6-11-27)39(56)28-12-7-4-8-13-28/h3-15,20-21,26,29-30,35,37-39,56H,16-19,22-25H2,1-2H3,(H,51,57)(H,52,53,58)/t29-,30-,35-,37+,38+,39-,46-/m0/s1. The first-order valence-corrected chi connectivity index (χ1v) is 21.3. The molecular weight excluding hydrogens is 790 g/mol. The molecule has 0 unspecified atom stereocenters. The highest BCUT2D eigenvalue weighted by Gasteiger charge is 2.77. The number of hydrogen-bond donors (Lipinski definition) is 3. The van der Waals surface area contributed by atoms with E-state index in [1.165, 1.54) is 12.5 Å². The predicted octanol–water partition coefficient (Wildman–Crippen LogP) is 9.22. The minimum atomic E-state index is -1.59. The number of likely N-dealkylation sites (tertiary alicyclic amines) is 1. The number of nitrogens with one attached hydrogen (secondary N) is 2. The first-order valence-electron chi connectivity index (χ1n) is 20.5. The quantitative estimate of drug-likeness (QED) is 0.132. The highest BCUT2D eigenvalue weighted by Crippen LogP contribution is 2.69. The van der Waals surface area contributed by atoms with Gasteiger partial charge in [0.2, 0.25) is 24.1 Å². The minimum absolute atomic E-state index is 0.0700. The van der Waals surface area contributed by atoms with Crippen molar-refractivity contribution in [2.24, 2.45) is 5.41 Å².